The first kappa shape index (κ1) is 22.1. The third-order valence-corrected chi connectivity index (χ3v) is 6.27. The van der Waals surface area contributed by atoms with Gasteiger partial charge in [0.2, 0.25) is 5.95 Å². The Labute approximate surface area is 200 Å². The number of phenolic OH excluding ortho intramolecular Hbond substituents is 1. The second kappa shape index (κ2) is 8.92. The number of benzene rings is 2. The van der Waals surface area contributed by atoms with Crippen molar-refractivity contribution in [2.45, 2.75) is 26.3 Å². The standard InChI is InChI=1S/C24H24ClN7O2/c1-2-9-31-10-8-14-11-16(7-6-15(14)13-31)28-23-27-12-17-21(26)32(24(34)30-22(17)29-23)20-18(25)4-3-5-19(20)33/h3-7,11-12,33H,2,8-10,13,26H2,1H3,(H,28,29,30,34). The predicted molar refractivity (Wildman–Crippen MR) is 133 cm³/mol. The van der Waals surface area contributed by atoms with E-state index in [2.05, 4.69) is 44.2 Å². The van der Waals surface area contributed by atoms with E-state index in [-0.39, 0.29) is 27.9 Å². The number of nitrogens with zero attached hydrogens (tertiary/aromatic N) is 5. The van der Waals surface area contributed by atoms with Crippen LogP contribution in [-0.4, -0.2) is 42.6 Å². The van der Waals surface area contributed by atoms with Gasteiger partial charge >= 0.3 is 5.69 Å². The van der Waals surface area contributed by atoms with Crippen LogP contribution in [0.3, 0.4) is 0 Å². The van der Waals surface area contributed by atoms with E-state index in [4.69, 9.17) is 17.3 Å². The van der Waals surface area contributed by atoms with Gasteiger partial charge in [0.05, 0.1) is 10.4 Å². The average molecular weight is 478 g/mol. The number of nitrogens with two attached hydrogens (primary N) is 1. The Kier molecular flexibility index (Phi) is 5.80. The molecule has 1 aliphatic rings. The topological polar surface area (TPSA) is 122 Å². The van der Waals surface area contributed by atoms with Crippen molar-refractivity contribution < 1.29 is 5.11 Å². The second-order valence-electron chi connectivity index (χ2n) is 8.29. The third kappa shape index (κ3) is 4.04. The minimum Gasteiger partial charge on any atom is -0.506 e. The molecule has 0 atom stereocenters. The van der Waals surface area contributed by atoms with Crippen LogP contribution in [0.15, 0.2) is 47.4 Å². The molecule has 1 aliphatic heterocycles. The van der Waals surface area contributed by atoms with Gasteiger partial charge in [-0.3, -0.25) is 4.90 Å². The minimum atomic E-state index is -0.705. The second-order valence-corrected chi connectivity index (χ2v) is 8.70. The van der Waals surface area contributed by atoms with Crippen molar-refractivity contribution in [1.29, 1.82) is 0 Å². The molecule has 0 aliphatic carbocycles. The van der Waals surface area contributed by atoms with Crippen LogP contribution in [-0.2, 0) is 13.0 Å². The van der Waals surface area contributed by atoms with Gasteiger partial charge in [-0.05, 0) is 54.8 Å². The highest BCUT2D eigenvalue weighted by Gasteiger charge is 2.19. The van der Waals surface area contributed by atoms with E-state index in [1.807, 2.05) is 6.07 Å². The van der Waals surface area contributed by atoms with E-state index in [1.165, 1.54) is 23.4 Å². The lowest BCUT2D eigenvalue weighted by Crippen LogP contribution is -2.31. The molecule has 0 amide bonds. The number of hydrogen-bond donors (Lipinski definition) is 3. The fourth-order valence-electron chi connectivity index (χ4n) is 4.33. The van der Waals surface area contributed by atoms with E-state index < -0.39 is 5.69 Å². The number of para-hydroxylation sites is 1. The molecule has 0 unspecified atom stereocenters. The first-order valence-corrected chi connectivity index (χ1v) is 11.5. The lowest BCUT2D eigenvalue weighted by molar-refractivity contribution is 0.255. The molecule has 3 heterocycles. The molecule has 0 bridgehead atoms. The summed E-state index contributed by atoms with van der Waals surface area (Å²) in [5.41, 5.74) is 9.27. The Morgan fingerprint density at radius 2 is 2.06 bits per heavy atom. The molecule has 5 rings (SSSR count). The molecule has 0 saturated heterocycles. The van der Waals surface area contributed by atoms with Crippen LogP contribution < -0.4 is 16.7 Å². The molecule has 0 spiro atoms. The first-order valence-electron chi connectivity index (χ1n) is 11.1. The largest absolute Gasteiger partial charge is 0.506 e. The van der Waals surface area contributed by atoms with E-state index in [0.29, 0.717) is 11.3 Å². The van der Waals surface area contributed by atoms with Gasteiger partial charge in [0.25, 0.3) is 0 Å². The molecular weight excluding hydrogens is 454 g/mol. The van der Waals surface area contributed by atoms with Crippen molar-refractivity contribution in [3.63, 3.8) is 0 Å². The number of phenols is 1. The highest BCUT2D eigenvalue weighted by atomic mass is 35.5. The highest BCUT2D eigenvalue weighted by molar-refractivity contribution is 6.32. The van der Waals surface area contributed by atoms with Crippen LogP contribution in [0.1, 0.15) is 24.5 Å². The van der Waals surface area contributed by atoms with Crippen molar-refractivity contribution in [3.05, 3.63) is 69.2 Å². The Bertz CT molecular complexity index is 1430. The number of aromatic hydroxyl groups is 1. The molecule has 2 aromatic carbocycles. The molecule has 0 fully saturated rings. The molecule has 4 N–H and O–H groups in total. The van der Waals surface area contributed by atoms with Crippen LogP contribution in [0.2, 0.25) is 5.02 Å². The summed E-state index contributed by atoms with van der Waals surface area (Å²) in [4.78, 5) is 28.0. The predicted octanol–water partition coefficient (Wildman–Crippen LogP) is 3.63. The van der Waals surface area contributed by atoms with E-state index in [9.17, 15) is 9.90 Å². The van der Waals surface area contributed by atoms with Crippen LogP contribution in [0.4, 0.5) is 17.5 Å². The van der Waals surface area contributed by atoms with Gasteiger partial charge in [-0.15, -0.1) is 0 Å². The number of nitrogen functional groups attached to an aromatic ring is 1. The Morgan fingerprint density at radius 1 is 1.21 bits per heavy atom. The van der Waals surface area contributed by atoms with Gasteiger partial charge in [-0.1, -0.05) is 30.7 Å². The zero-order chi connectivity index (χ0) is 23.8. The van der Waals surface area contributed by atoms with Crippen molar-refractivity contribution in [3.8, 4) is 11.4 Å². The summed E-state index contributed by atoms with van der Waals surface area (Å²) < 4.78 is 1.06. The number of anilines is 3. The number of halogens is 1. The van der Waals surface area contributed by atoms with Crippen LogP contribution in [0.25, 0.3) is 16.7 Å². The molecule has 9 nitrogen and oxygen atoms in total. The van der Waals surface area contributed by atoms with Crippen LogP contribution >= 0.6 is 11.6 Å². The van der Waals surface area contributed by atoms with Crippen molar-refractivity contribution in [1.82, 2.24) is 24.4 Å². The molecule has 2 aromatic heterocycles. The number of fused-ring (bicyclic) bond motifs is 2. The number of nitrogens with one attached hydrogen (secondary N) is 1. The maximum atomic E-state index is 12.8. The van der Waals surface area contributed by atoms with Gasteiger partial charge in [0.15, 0.2) is 5.65 Å². The van der Waals surface area contributed by atoms with Crippen molar-refractivity contribution in [2.75, 3.05) is 24.1 Å². The summed E-state index contributed by atoms with van der Waals surface area (Å²) in [5, 5.41) is 14.0. The van der Waals surface area contributed by atoms with Gasteiger partial charge in [-0.2, -0.15) is 9.97 Å². The number of rotatable bonds is 5. The van der Waals surface area contributed by atoms with E-state index in [1.54, 1.807) is 12.1 Å². The third-order valence-electron chi connectivity index (χ3n) is 5.96. The monoisotopic (exact) mass is 477 g/mol. The lowest BCUT2D eigenvalue weighted by atomic mass is 9.99. The lowest BCUT2D eigenvalue weighted by Gasteiger charge is -2.28. The Morgan fingerprint density at radius 3 is 2.85 bits per heavy atom. The van der Waals surface area contributed by atoms with Gasteiger partial charge in [0.1, 0.15) is 17.3 Å². The summed E-state index contributed by atoms with van der Waals surface area (Å²) in [6.07, 6.45) is 3.64. The summed E-state index contributed by atoms with van der Waals surface area (Å²) in [5.74, 6) is 0.155. The molecule has 0 saturated carbocycles. The Hall–Kier alpha value is -3.69. The smallest absolute Gasteiger partial charge is 0.356 e. The summed E-state index contributed by atoms with van der Waals surface area (Å²) in [6.45, 7) is 5.32. The quantitative estimate of drug-likeness (QED) is 0.398. The van der Waals surface area contributed by atoms with Crippen LogP contribution in [0, 0.1) is 0 Å². The molecular formula is C24H24ClN7O2. The van der Waals surface area contributed by atoms with E-state index in [0.717, 1.165) is 42.7 Å². The molecule has 0 radical (unpaired) electrons. The normalized spacial score (nSPS) is 13.7. The van der Waals surface area contributed by atoms with Gasteiger partial charge < -0.3 is 16.2 Å². The van der Waals surface area contributed by atoms with Crippen LogP contribution in [0.5, 0.6) is 5.75 Å². The number of aromatic nitrogens is 4. The zero-order valence-electron chi connectivity index (χ0n) is 18.6. The van der Waals surface area contributed by atoms with Crippen molar-refractivity contribution in [2.24, 2.45) is 0 Å². The molecule has 10 heteroatoms. The summed E-state index contributed by atoms with van der Waals surface area (Å²) in [7, 11) is 0. The fourth-order valence-corrected chi connectivity index (χ4v) is 4.58. The Balaban J connectivity index is 1.46. The highest BCUT2D eigenvalue weighted by Crippen LogP contribution is 2.31. The fraction of sp³-hybridized carbons (Fsp3) is 0.250. The molecule has 4 aromatic rings. The molecule has 174 valence electrons. The SMILES string of the molecule is CCCN1CCc2cc(Nc3ncc4c(N)n(-c5c(O)cccc5Cl)c(=O)nc4n3)ccc2C1. The average Bonchev–Trinajstić information content (AvgIpc) is 2.81. The minimum absolute atomic E-state index is 0.0374. The maximum absolute atomic E-state index is 12.8. The zero-order valence-corrected chi connectivity index (χ0v) is 19.4. The molecule has 34 heavy (non-hydrogen) atoms. The maximum Gasteiger partial charge on any atom is 0.356 e. The number of hydrogen-bond acceptors (Lipinski definition) is 8. The van der Waals surface area contributed by atoms with Gasteiger partial charge in [-0.25, -0.2) is 14.3 Å². The summed E-state index contributed by atoms with van der Waals surface area (Å²) >= 11 is 6.20. The van der Waals surface area contributed by atoms with Gasteiger partial charge in [0, 0.05) is 25.0 Å². The van der Waals surface area contributed by atoms with E-state index >= 15 is 0 Å². The van der Waals surface area contributed by atoms with Crippen molar-refractivity contribution >= 4 is 40.1 Å². The summed E-state index contributed by atoms with van der Waals surface area (Å²) in [6, 6.07) is 10.8. The first-order chi connectivity index (χ1) is 16.4.